The molecule has 3 rings (SSSR count). The molecule has 1 unspecified atom stereocenters. The highest BCUT2D eigenvalue weighted by Gasteiger charge is 2.18. The maximum Gasteiger partial charge on any atom is 0.0236 e. The Morgan fingerprint density at radius 1 is 1.22 bits per heavy atom. The van der Waals surface area contributed by atoms with Gasteiger partial charge in [-0.1, -0.05) is 24.3 Å². The number of nitrogens with zero attached hydrogens (tertiary/aromatic N) is 1. The molecule has 0 saturated carbocycles. The van der Waals surface area contributed by atoms with Crippen molar-refractivity contribution in [2.75, 3.05) is 26.2 Å². The lowest BCUT2D eigenvalue weighted by atomic mass is 10.0. The smallest absolute Gasteiger partial charge is 0.0236 e. The van der Waals surface area contributed by atoms with Crippen LogP contribution in [0, 0.1) is 5.92 Å². The fraction of sp³-hybridized carbons (Fsp3) is 0.625. The highest BCUT2D eigenvalue weighted by molar-refractivity contribution is 5.27. The number of benzene rings is 1. The molecule has 1 aromatic rings. The van der Waals surface area contributed by atoms with Gasteiger partial charge >= 0.3 is 0 Å². The van der Waals surface area contributed by atoms with Crippen molar-refractivity contribution in [3.05, 3.63) is 35.4 Å². The Kier molecular flexibility index (Phi) is 3.96. The molecule has 2 aliphatic rings. The molecule has 0 bridgehead atoms. The minimum Gasteiger partial charge on any atom is -0.316 e. The van der Waals surface area contributed by atoms with Gasteiger partial charge in [-0.2, -0.15) is 0 Å². The molecule has 2 heteroatoms. The lowest BCUT2D eigenvalue weighted by molar-refractivity contribution is 0.250. The average Bonchev–Trinajstić information content (AvgIpc) is 2.82. The summed E-state index contributed by atoms with van der Waals surface area (Å²) < 4.78 is 0. The Balaban J connectivity index is 1.57. The third-order valence-corrected chi connectivity index (χ3v) is 4.45. The fourth-order valence-corrected chi connectivity index (χ4v) is 3.29. The van der Waals surface area contributed by atoms with E-state index in [0.29, 0.717) is 0 Å². The van der Waals surface area contributed by atoms with Gasteiger partial charge in [-0.3, -0.25) is 4.90 Å². The van der Waals surface area contributed by atoms with Crippen LogP contribution in [0.25, 0.3) is 0 Å². The number of hydrogen-bond donors (Lipinski definition) is 1. The lowest BCUT2D eigenvalue weighted by Crippen LogP contribution is -2.26. The summed E-state index contributed by atoms with van der Waals surface area (Å²) in [6.45, 7) is 6.18. The Morgan fingerprint density at radius 3 is 2.94 bits per heavy atom. The predicted octanol–water partition coefficient (Wildman–Crippen LogP) is 2.43. The molecular formula is C16H24N2. The van der Waals surface area contributed by atoms with Crippen LogP contribution in [0.2, 0.25) is 0 Å². The Hall–Kier alpha value is -0.860. The van der Waals surface area contributed by atoms with Gasteiger partial charge in [-0.15, -0.1) is 0 Å². The molecule has 98 valence electrons. The topological polar surface area (TPSA) is 15.3 Å². The largest absolute Gasteiger partial charge is 0.316 e. The highest BCUT2D eigenvalue weighted by Crippen LogP contribution is 2.20. The molecule has 0 aromatic heterocycles. The van der Waals surface area contributed by atoms with Crippen molar-refractivity contribution in [2.45, 2.75) is 32.2 Å². The Bertz CT molecular complexity index is 382. The van der Waals surface area contributed by atoms with Gasteiger partial charge in [-0.05, 0) is 68.9 Å². The monoisotopic (exact) mass is 244 g/mol. The van der Waals surface area contributed by atoms with Crippen molar-refractivity contribution in [3.63, 3.8) is 0 Å². The zero-order valence-electron chi connectivity index (χ0n) is 11.2. The van der Waals surface area contributed by atoms with E-state index in [9.17, 15) is 0 Å². The van der Waals surface area contributed by atoms with E-state index < -0.39 is 0 Å². The molecule has 0 radical (unpaired) electrons. The zero-order valence-corrected chi connectivity index (χ0v) is 11.2. The van der Waals surface area contributed by atoms with Gasteiger partial charge in [0, 0.05) is 6.54 Å². The second kappa shape index (κ2) is 5.85. The Morgan fingerprint density at radius 2 is 2.11 bits per heavy atom. The second-order valence-corrected chi connectivity index (χ2v) is 5.80. The summed E-state index contributed by atoms with van der Waals surface area (Å²) in [6, 6.07) is 8.98. The predicted molar refractivity (Wildman–Crippen MR) is 75.6 cm³/mol. The van der Waals surface area contributed by atoms with E-state index in [0.717, 1.165) is 12.5 Å². The summed E-state index contributed by atoms with van der Waals surface area (Å²) in [6.07, 6.45) is 5.33. The van der Waals surface area contributed by atoms with Gasteiger partial charge < -0.3 is 5.32 Å². The van der Waals surface area contributed by atoms with Crippen molar-refractivity contribution < 1.29 is 0 Å². The second-order valence-electron chi connectivity index (χ2n) is 5.80. The molecule has 2 aliphatic heterocycles. The quantitative estimate of drug-likeness (QED) is 0.878. The summed E-state index contributed by atoms with van der Waals surface area (Å²) >= 11 is 0. The summed E-state index contributed by atoms with van der Waals surface area (Å²) in [5.41, 5.74) is 3.13. The van der Waals surface area contributed by atoms with Crippen molar-refractivity contribution in [1.29, 1.82) is 0 Å². The van der Waals surface area contributed by atoms with E-state index in [1.54, 1.807) is 11.1 Å². The molecule has 0 spiro atoms. The fourth-order valence-electron chi connectivity index (χ4n) is 3.29. The molecular weight excluding hydrogens is 220 g/mol. The third-order valence-electron chi connectivity index (χ3n) is 4.45. The van der Waals surface area contributed by atoms with Crippen LogP contribution in [0.4, 0.5) is 0 Å². The van der Waals surface area contributed by atoms with E-state index >= 15 is 0 Å². The highest BCUT2D eigenvalue weighted by atomic mass is 15.1. The van der Waals surface area contributed by atoms with Crippen molar-refractivity contribution in [1.82, 2.24) is 10.2 Å². The number of fused-ring (bicyclic) bond motifs is 1. The van der Waals surface area contributed by atoms with Crippen LogP contribution in [0.1, 0.15) is 30.4 Å². The third kappa shape index (κ3) is 2.93. The van der Waals surface area contributed by atoms with Crippen LogP contribution < -0.4 is 5.32 Å². The minimum absolute atomic E-state index is 0.920. The minimum atomic E-state index is 0.920. The van der Waals surface area contributed by atoms with Gasteiger partial charge in [0.15, 0.2) is 0 Å². The van der Waals surface area contributed by atoms with E-state index in [-0.39, 0.29) is 0 Å². The van der Waals surface area contributed by atoms with E-state index in [4.69, 9.17) is 0 Å². The first kappa shape index (κ1) is 12.2. The SMILES string of the molecule is c1ccc2c(c1)CCCN(CCC1CCNC1)C2. The molecule has 0 aliphatic carbocycles. The number of aryl methyl sites for hydroxylation is 1. The van der Waals surface area contributed by atoms with Crippen LogP contribution in [0.3, 0.4) is 0 Å². The molecule has 1 aromatic carbocycles. The van der Waals surface area contributed by atoms with Crippen molar-refractivity contribution >= 4 is 0 Å². The van der Waals surface area contributed by atoms with E-state index in [1.807, 2.05) is 0 Å². The molecule has 1 N–H and O–H groups in total. The standard InChI is InChI=1S/C16H24N2/c1-2-5-16-13-18(10-3-6-15(16)4-1)11-8-14-7-9-17-12-14/h1-2,4-5,14,17H,3,6-13H2. The summed E-state index contributed by atoms with van der Waals surface area (Å²) in [5.74, 6) is 0.920. The van der Waals surface area contributed by atoms with Gasteiger partial charge in [0.2, 0.25) is 0 Å². The number of hydrogen-bond acceptors (Lipinski definition) is 2. The Labute approximate surface area is 110 Å². The first-order chi connectivity index (χ1) is 8.92. The molecule has 1 atom stereocenters. The molecule has 18 heavy (non-hydrogen) atoms. The summed E-state index contributed by atoms with van der Waals surface area (Å²) in [4.78, 5) is 2.66. The first-order valence-electron chi connectivity index (χ1n) is 7.41. The average molecular weight is 244 g/mol. The van der Waals surface area contributed by atoms with Gasteiger partial charge in [0.25, 0.3) is 0 Å². The van der Waals surface area contributed by atoms with E-state index in [2.05, 4.69) is 34.5 Å². The van der Waals surface area contributed by atoms with Crippen LogP contribution in [0.5, 0.6) is 0 Å². The van der Waals surface area contributed by atoms with Crippen LogP contribution in [-0.2, 0) is 13.0 Å². The first-order valence-corrected chi connectivity index (χ1v) is 7.41. The van der Waals surface area contributed by atoms with E-state index in [1.165, 1.54) is 51.9 Å². The van der Waals surface area contributed by atoms with Crippen LogP contribution in [-0.4, -0.2) is 31.1 Å². The van der Waals surface area contributed by atoms with Gasteiger partial charge in [0.1, 0.15) is 0 Å². The summed E-state index contributed by atoms with van der Waals surface area (Å²) in [5, 5.41) is 3.47. The lowest BCUT2D eigenvalue weighted by Gasteiger charge is -2.22. The van der Waals surface area contributed by atoms with Gasteiger partial charge in [-0.25, -0.2) is 0 Å². The number of rotatable bonds is 3. The summed E-state index contributed by atoms with van der Waals surface area (Å²) in [7, 11) is 0. The normalized spacial score (nSPS) is 24.8. The molecule has 1 saturated heterocycles. The van der Waals surface area contributed by atoms with Crippen molar-refractivity contribution in [3.8, 4) is 0 Å². The van der Waals surface area contributed by atoms with Crippen LogP contribution >= 0.6 is 0 Å². The molecule has 2 heterocycles. The molecule has 1 fully saturated rings. The van der Waals surface area contributed by atoms with Gasteiger partial charge in [0.05, 0.1) is 0 Å². The molecule has 2 nitrogen and oxygen atoms in total. The van der Waals surface area contributed by atoms with Crippen LogP contribution in [0.15, 0.2) is 24.3 Å². The zero-order chi connectivity index (χ0) is 12.2. The molecule has 0 amide bonds. The van der Waals surface area contributed by atoms with Crippen molar-refractivity contribution in [2.24, 2.45) is 5.92 Å². The number of nitrogens with one attached hydrogen (secondary N) is 1. The maximum absolute atomic E-state index is 3.47. The maximum atomic E-state index is 3.47.